The van der Waals surface area contributed by atoms with Crippen LogP contribution in [0.4, 0.5) is 19.0 Å². The summed E-state index contributed by atoms with van der Waals surface area (Å²) in [6.07, 6.45) is -4.43. The van der Waals surface area contributed by atoms with Gasteiger partial charge in [0.2, 0.25) is 5.91 Å². The van der Waals surface area contributed by atoms with Gasteiger partial charge in [0, 0.05) is 43.0 Å². The van der Waals surface area contributed by atoms with E-state index in [-0.39, 0.29) is 11.7 Å². The molecule has 2 heterocycles. The predicted molar refractivity (Wildman–Crippen MR) is 106 cm³/mol. The lowest BCUT2D eigenvalue weighted by atomic mass is 10.1. The molecule has 0 saturated carbocycles. The third kappa shape index (κ3) is 4.63. The van der Waals surface area contributed by atoms with Crippen molar-refractivity contribution in [1.29, 1.82) is 0 Å². The number of carbonyl (C=O) groups is 1. The highest BCUT2D eigenvalue weighted by Crippen LogP contribution is 2.32. The Morgan fingerprint density at radius 3 is 2.38 bits per heavy atom. The summed E-state index contributed by atoms with van der Waals surface area (Å²) >= 11 is 5.89. The lowest BCUT2D eigenvalue weighted by Crippen LogP contribution is -2.50. The van der Waals surface area contributed by atoms with Gasteiger partial charge in [-0.05, 0) is 32.9 Å². The Morgan fingerprint density at radius 1 is 1.14 bits per heavy atom. The van der Waals surface area contributed by atoms with Crippen LogP contribution in [0.3, 0.4) is 0 Å². The minimum absolute atomic E-state index is 0.105. The van der Waals surface area contributed by atoms with Crippen LogP contribution in [0.2, 0.25) is 0 Å². The van der Waals surface area contributed by atoms with Crippen molar-refractivity contribution in [2.45, 2.75) is 32.3 Å². The van der Waals surface area contributed by atoms with E-state index >= 15 is 0 Å². The predicted octanol–water partition coefficient (Wildman–Crippen LogP) is 4.06. The van der Waals surface area contributed by atoms with Crippen LogP contribution in [0.5, 0.6) is 0 Å². The Morgan fingerprint density at radius 2 is 1.79 bits per heavy atom. The number of hydrogen-bond acceptors (Lipinski definition) is 4. The second-order valence-electron chi connectivity index (χ2n) is 7.09. The van der Waals surface area contributed by atoms with Crippen LogP contribution in [-0.2, 0) is 11.0 Å². The van der Waals surface area contributed by atoms with Crippen LogP contribution in [0, 0.1) is 13.8 Å². The number of benzene rings is 1. The van der Waals surface area contributed by atoms with E-state index in [0.29, 0.717) is 43.3 Å². The number of aromatic nitrogens is 2. The molecule has 1 unspecified atom stereocenters. The van der Waals surface area contributed by atoms with Crippen LogP contribution in [0.25, 0.3) is 11.4 Å². The van der Waals surface area contributed by atoms with Gasteiger partial charge < -0.3 is 9.80 Å². The smallest absolute Gasteiger partial charge is 0.353 e. The Bertz CT molecular complexity index is 909. The molecule has 156 valence electrons. The number of piperazine rings is 1. The van der Waals surface area contributed by atoms with E-state index in [1.165, 1.54) is 6.07 Å². The van der Waals surface area contributed by atoms with E-state index in [9.17, 15) is 18.0 Å². The Balaban J connectivity index is 1.89. The largest absolute Gasteiger partial charge is 0.416 e. The minimum Gasteiger partial charge on any atom is -0.353 e. The third-order valence-electron chi connectivity index (χ3n) is 5.04. The number of hydrogen-bond donors (Lipinski definition) is 0. The monoisotopic (exact) mass is 426 g/mol. The molecule has 0 bridgehead atoms. The van der Waals surface area contributed by atoms with Gasteiger partial charge in [-0.25, -0.2) is 9.97 Å². The molecule has 1 atom stereocenters. The van der Waals surface area contributed by atoms with Crippen LogP contribution in [0.1, 0.15) is 23.7 Å². The summed E-state index contributed by atoms with van der Waals surface area (Å²) < 4.78 is 39.2. The Labute approximate surface area is 172 Å². The second-order valence-corrected chi connectivity index (χ2v) is 7.74. The number of nitrogens with zero attached hydrogens (tertiary/aromatic N) is 4. The topological polar surface area (TPSA) is 49.3 Å². The van der Waals surface area contributed by atoms with Gasteiger partial charge in [-0.3, -0.25) is 4.79 Å². The lowest BCUT2D eigenvalue weighted by molar-refractivity contribution is -0.137. The van der Waals surface area contributed by atoms with Crippen LogP contribution >= 0.6 is 11.6 Å². The van der Waals surface area contributed by atoms with E-state index < -0.39 is 17.1 Å². The molecule has 1 fully saturated rings. The Hall–Kier alpha value is -2.35. The van der Waals surface area contributed by atoms with E-state index in [2.05, 4.69) is 9.97 Å². The van der Waals surface area contributed by atoms with Crippen molar-refractivity contribution in [2.24, 2.45) is 0 Å². The van der Waals surface area contributed by atoms with Crippen molar-refractivity contribution >= 4 is 23.3 Å². The summed E-state index contributed by atoms with van der Waals surface area (Å²) in [5.74, 6) is 0.824. The molecule has 0 aliphatic carbocycles. The SMILES string of the molecule is Cc1nc(-c2cccc(C(F)(F)F)c2)nc(N2CCN(C(=O)C(C)Cl)CC2)c1C. The van der Waals surface area contributed by atoms with Crippen molar-refractivity contribution in [3.8, 4) is 11.4 Å². The zero-order valence-corrected chi connectivity index (χ0v) is 17.2. The number of anilines is 1. The van der Waals surface area contributed by atoms with Crippen molar-refractivity contribution in [2.75, 3.05) is 31.1 Å². The number of alkyl halides is 4. The molecule has 1 aromatic carbocycles. The van der Waals surface area contributed by atoms with E-state index in [1.807, 2.05) is 18.7 Å². The second kappa shape index (κ2) is 8.18. The fourth-order valence-corrected chi connectivity index (χ4v) is 3.41. The van der Waals surface area contributed by atoms with Crippen LogP contribution < -0.4 is 4.90 Å². The molecule has 1 saturated heterocycles. The van der Waals surface area contributed by atoms with Gasteiger partial charge in [-0.15, -0.1) is 11.6 Å². The molecule has 1 aliphatic heterocycles. The van der Waals surface area contributed by atoms with E-state index in [4.69, 9.17) is 11.6 Å². The minimum atomic E-state index is -4.43. The molecule has 3 rings (SSSR count). The molecule has 1 aromatic heterocycles. The summed E-state index contributed by atoms with van der Waals surface area (Å²) in [5, 5.41) is -0.572. The molecule has 5 nitrogen and oxygen atoms in total. The van der Waals surface area contributed by atoms with Crippen molar-refractivity contribution in [3.05, 3.63) is 41.1 Å². The maximum absolute atomic E-state index is 13.1. The highest BCUT2D eigenvalue weighted by Gasteiger charge is 2.31. The molecule has 1 aliphatic rings. The summed E-state index contributed by atoms with van der Waals surface area (Å²) in [5.41, 5.74) is 1.15. The number of halogens is 4. The summed E-state index contributed by atoms with van der Waals surface area (Å²) in [6.45, 7) is 7.50. The molecular weight excluding hydrogens is 405 g/mol. The maximum atomic E-state index is 13.1. The standard InChI is InChI=1S/C20H22ClF3N4O/c1-12-14(3)25-17(15-5-4-6-16(11-15)20(22,23)24)26-18(12)27-7-9-28(10-8-27)19(29)13(2)21/h4-6,11,13H,7-10H2,1-3H3. The first-order chi connectivity index (χ1) is 13.6. The Kier molecular flexibility index (Phi) is 6.03. The fourth-order valence-electron chi connectivity index (χ4n) is 3.28. The van der Waals surface area contributed by atoms with Gasteiger partial charge in [-0.2, -0.15) is 13.2 Å². The lowest BCUT2D eigenvalue weighted by Gasteiger charge is -2.36. The zero-order valence-electron chi connectivity index (χ0n) is 16.4. The fraction of sp³-hybridized carbons (Fsp3) is 0.450. The molecule has 1 amide bonds. The van der Waals surface area contributed by atoms with Gasteiger partial charge in [0.15, 0.2) is 5.82 Å². The normalized spacial score (nSPS) is 16.1. The highest BCUT2D eigenvalue weighted by atomic mass is 35.5. The van der Waals surface area contributed by atoms with Gasteiger partial charge in [-0.1, -0.05) is 12.1 Å². The molecule has 0 N–H and O–H groups in total. The van der Waals surface area contributed by atoms with Crippen LogP contribution in [-0.4, -0.2) is 52.3 Å². The molecular formula is C20H22ClF3N4O. The number of amides is 1. The van der Waals surface area contributed by atoms with Gasteiger partial charge in [0.25, 0.3) is 0 Å². The molecule has 2 aromatic rings. The van der Waals surface area contributed by atoms with E-state index in [1.54, 1.807) is 17.9 Å². The molecule has 9 heteroatoms. The van der Waals surface area contributed by atoms with Gasteiger partial charge >= 0.3 is 6.18 Å². The first-order valence-electron chi connectivity index (χ1n) is 9.28. The van der Waals surface area contributed by atoms with Crippen molar-refractivity contribution < 1.29 is 18.0 Å². The summed E-state index contributed by atoms with van der Waals surface area (Å²) in [6, 6.07) is 5.02. The summed E-state index contributed by atoms with van der Waals surface area (Å²) in [7, 11) is 0. The molecule has 29 heavy (non-hydrogen) atoms. The quantitative estimate of drug-likeness (QED) is 0.695. The van der Waals surface area contributed by atoms with Gasteiger partial charge in [0.1, 0.15) is 11.2 Å². The zero-order chi connectivity index (χ0) is 21.3. The van der Waals surface area contributed by atoms with Gasteiger partial charge in [0.05, 0.1) is 5.56 Å². The first-order valence-corrected chi connectivity index (χ1v) is 9.72. The molecule has 0 radical (unpaired) electrons. The average Bonchev–Trinajstić information content (AvgIpc) is 2.69. The number of aryl methyl sites for hydroxylation is 1. The van der Waals surface area contributed by atoms with Crippen LogP contribution in [0.15, 0.2) is 24.3 Å². The number of rotatable bonds is 3. The van der Waals surface area contributed by atoms with E-state index in [0.717, 1.165) is 17.7 Å². The van der Waals surface area contributed by atoms with Crippen molar-refractivity contribution in [1.82, 2.24) is 14.9 Å². The highest BCUT2D eigenvalue weighted by molar-refractivity contribution is 6.30. The summed E-state index contributed by atoms with van der Waals surface area (Å²) in [4.78, 5) is 24.8. The first kappa shape index (κ1) is 21.4. The maximum Gasteiger partial charge on any atom is 0.416 e. The average molecular weight is 427 g/mol. The molecule has 0 spiro atoms. The number of carbonyl (C=O) groups excluding carboxylic acids is 1. The van der Waals surface area contributed by atoms with Crippen molar-refractivity contribution in [3.63, 3.8) is 0 Å². The third-order valence-corrected chi connectivity index (χ3v) is 5.23.